The van der Waals surface area contributed by atoms with Gasteiger partial charge in [-0.1, -0.05) is 36.4 Å². The van der Waals surface area contributed by atoms with E-state index in [0.29, 0.717) is 17.8 Å². The van der Waals surface area contributed by atoms with Gasteiger partial charge in [-0.3, -0.25) is 14.0 Å². The molecular formula is C27H31N3O4S. The van der Waals surface area contributed by atoms with Gasteiger partial charge in [-0.05, 0) is 74.0 Å². The van der Waals surface area contributed by atoms with Crippen LogP contribution in [0.2, 0.25) is 0 Å². The Morgan fingerprint density at radius 2 is 1.71 bits per heavy atom. The molecule has 0 aromatic heterocycles. The highest BCUT2D eigenvalue weighted by Gasteiger charge is 2.26. The number of anilines is 1. The summed E-state index contributed by atoms with van der Waals surface area (Å²) >= 11 is 0. The Kier molecular flexibility index (Phi) is 7.73. The smallest absolute Gasteiger partial charge is 0.264 e. The Bertz CT molecular complexity index is 1260. The molecule has 0 spiro atoms. The second kappa shape index (κ2) is 10.9. The van der Waals surface area contributed by atoms with Gasteiger partial charge in [0.15, 0.2) is 0 Å². The van der Waals surface area contributed by atoms with Crippen LogP contribution in [0.15, 0.2) is 83.8 Å². The topological polar surface area (TPSA) is 78.9 Å². The highest BCUT2D eigenvalue weighted by molar-refractivity contribution is 7.92. The van der Waals surface area contributed by atoms with Crippen molar-refractivity contribution in [2.45, 2.75) is 23.8 Å². The molecule has 1 atom stereocenters. The van der Waals surface area contributed by atoms with Crippen LogP contribution in [-0.4, -0.2) is 53.0 Å². The predicted octanol–water partition coefficient (Wildman–Crippen LogP) is 4.09. The second-order valence-corrected chi connectivity index (χ2v) is 10.6. The molecule has 184 valence electrons. The molecule has 7 nitrogen and oxygen atoms in total. The molecule has 0 radical (unpaired) electrons. The van der Waals surface area contributed by atoms with Crippen LogP contribution >= 0.6 is 0 Å². The molecule has 1 heterocycles. The number of benzene rings is 3. The minimum absolute atomic E-state index is 0.00711. The molecule has 1 aliphatic heterocycles. The van der Waals surface area contributed by atoms with Gasteiger partial charge < -0.3 is 10.1 Å². The lowest BCUT2D eigenvalue weighted by Gasteiger charge is -2.28. The molecule has 0 unspecified atom stereocenters. The van der Waals surface area contributed by atoms with Crippen molar-refractivity contribution >= 4 is 21.6 Å². The van der Waals surface area contributed by atoms with Crippen LogP contribution in [-0.2, 0) is 10.0 Å². The van der Waals surface area contributed by atoms with Crippen molar-refractivity contribution in [1.29, 1.82) is 0 Å². The molecule has 0 bridgehead atoms. The van der Waals surface area contributed by atoms with E-state index in [9.17, 15) is 13.2 Å². The lowest BCUT2D eigenvalue weighted by atomic mass is 10.0. The Hall–Kier alpha value is -3.36. The Labute approximate surface area is 207 Å². The fraction of sp³-hybridized carbons (Fsp3) is 0.296. The summed E-state index contributed by atoms with van der Waals surface area (Å²) in [6.07, 6.45) is 2.26. The highest BCUT2D eigenvalue weighted by Crippen LogP contribution is 2.27. The molecule has 0 saturated carbocycles. The number of hydrogen-bond donors (Lipinski definition) is 1. The van der Waals surface area contributed by atoms with Gasteiger partial charge in [0.2, 0.25) is 0 Å². The van der Waals surface area contributed by atoms with Gasteiger partial charge in [0.25, 0.3) is 15.9 Å². The molecule has 3 aromatic rings. The van der Waals surface area contributed by atoms with E-state index in [-0.39, 0.29) is 16.8 Å². The zero-order valence-corrected chi connectivity index (χ0v) is 20.9. The molecule has 0 aliphatic carbocycles. The van der Waals surface area contributed by atoms with Crippen LogP contribution in [0.3, 0.4) is 0 Å². The third kappa shape index (κ3) is 5.66. The number of methoxy groups -OCH3 is 1. The van der Waals surface area contributed by atoms with Crippen molar-refractivity contribution in [1.82, 2.24) is 10.2 Å². The van der Waals surface area contributed by atoms with Crippen molar-refractivity contribution in [3.8, 4) is 5.75 Å². The van der Waals surface area contributed by atoms with E-state index >= 15 is 0 Å². The van der Waals surface area contributed by atoms with Crippen LogP contribution < -0.4 is 14.4 Å². The quantitative estimate of drug-likeness (QED) is 0.486. The number of likely N-dealkylation sites (tertiary alicyclic amines) is 1. The van der Waals surface area contributed by atoms with Gasteiger partial charge in [0, 0.05) is 19.2 Å². The highest BCUT2D eigenvalue weighted by atomic mass is 32.2. The van der Waals surface area contributed by atoms with E-state index in [1.54, 1.807) is 43.5 Å². The zero-order chi connectivity index (χ0) is 24.8. The number of sulfonamides is 1. The van der Waals surface area contributed by atoms with Crippen LogP contribution in [0.4, 0.5) is 5.69 Å². The van der Waals surface area contributed by atoms with Gasteiger partial charge in [0.05, 0.1) is 23.7 Å². The first-order chi connectivity index (χ1) is 16.9. The maximum absolute atomic E-state index is 13.2. The standard InChI is InChI=1S/C27H31N3O4S/c1-29(23-12-4-3-5-13-23)35(32,33)25-15-9-11-22(19-25)27(31)28-20-26(30-16-6-7-17-30)21-10-8-14-24(18-21)34-2/h3-5,8-15,18-19,26H,6-7,16-17,20H2,1-2H3,(H,28,31)/t26-/m0/s1. The maximum Gasteiger partial charge on any atom is 0.264 e. The molecule has 3 aromatic carbocycles. The van der Waals surface area contributed by atoms with Crippen LogP contribution in [0.25, 0.3) is 0 Å². The number of nitrogens with zero attached hydrogens (tertiary/aromatic N) is 2. The summed E-state index contributed by atoms with van der Waals surface area (Å²) in [5.41, 5.74) is 1.93. The lowest BCUT2D eigenvalue weighted by molar-refractivity contribution is 0.0937. The largest absolute Gasteiger partial charge is 0.497 e. The zero-order valence-electron chi connectivity index (χ0n) is 20.1. The number of carbonyl (C=O) groups excluding carboxylic acids is 1. The molecule has 8 heteroatoms. The summed E-state index contributed by atoms with van der Waals surface area (Å²) in [6, 6.07) is 22.9. The molecular weight excluding hydrogens is 462 g/mol. The van der Waals surface area contributed by atoms with E-state index in [1.165, 1.54) is 23.5 Å². The fourth-order valence-corrected chi connectivity index (χ4v) is 5.63. The van der Waals surface area contributed by atoms with Gasteiger partial charge in [-0.25, -0.2) is 8.42 Å². The lowest BCUT2D eigenvalue weighted by Crippen LogP contribution is -2.37. The molecule has 1 aliphatic rings. The molecule has 1 fully saturated rings. The summed E-state index contributed by atoms with van der Waals surface area (Å²) < 4.78 is 32.9. The van der Waals surface area contributed by atoms with Crippen molar-refractivity contribution < 1.29 is 17.9 Å². The van der Waals surface area contributed by atoms with E-state index in [2.05, 4.69) is 10.2 Å². The normalized spacial score (nSPS) is 14.9. The van der Waals surface area contributed by atoms with Gasteiger partial charge in [-0.15, -0.1) is 0 Å². The van der Waals surface area contributed by atoms with Crippen LogP contribution in [0.1, 0.15) is 34.8 Å². The van der Waals surface area contributed by atoms with Crippen molar-refractivity contribution in [2.24, 2.45) is 0 Å². The number of nitrogens with one attached hydrogen (secondary N) is 1. The van der Waals surface area contributed by atoms with E-state index in [0.717, 1.165) is 37.2 Å². The number of carbonyl (C=O) groups is 1. The SMILES string of the molecule is COc1cccc([C@H](CNC(=O)c2cccc(S(=O)(=O)N(C)c3ccccc3)c2)N2CCCC2)c1. The molecule has 1 N–H and O–H groups in total. The van der Waals surface area contributed by atoms with E-state index in [1.807, 2.05) is 30.3 Å². The average molecular weight is 494 g/mol. The monoisotopic (exact) mass is 493 g/mol. The van der Waals surface area contributed by atoms with E-state index in [4.69, 9.17) is 4.74 Å². The van der Waals surface area contributed by atoms with Crippen LogP contribution in [0.5, 0.6) is 5.75 Å². The molecule has 1 saturated heterocycles. The van der Waals surface area contributed by atoms with Gasteiger partial charge in [-0.2, -0.15) is 0 Å². The molecule has 35 heavy (non-hydrogen) atoms. The predicted molar refractivity (Wildman–Crippen MR) is 137 cm³/mol. The third-order valence-corrected chi connectivity index (χ3v) is 8.17. The summed E-state index contributed by atoms with van der Waals surface area (Å²) in [7, 11) is -0.665. The summed E-state index contributed by atoms with van der Waals surface area (Å²) in [6.45, 7) is 2.35. The number of rotatable bonds is 9. The first-order valence-electron chi connectivity index (χ1n) is 11.7. The summed E-state index contributed by atoms with van der Waals surface area (Å²) in [4.78, 5) is 15.5. The second-order valence-electron chi connectivity index (χ2n) is 8.58. The fourth-order valence-electron chi connectivity index (χ4n) is 4.38. The molecule has 1 amide bonds. The summed E-state index contributed by atoms with van der Waals surface area (Å²) in [5, 5.41) is 3.02. The van der Waals surface area contributed by atoms with Crippen molar-refractivity contribution in [2.75, 3.05) is 38.1 Å². The Morgan fingerprint density at radius 3 is 2.43 bits per heavy atom. The molecule has 4 rings (SSSR count). The number of ether oxygens (including phenoxy) is 1. The summed E-state index contributed by atoms with van der Waals surface area (Å²) in [5.74, 6) is 0.468. The first-order valence-corrected chi connectivity index (χ1v) is 13.1. The minimum atomic E-state index is -3.81. The first kappa shape index (κ1) is 24.8. The minimum Gasteiger partial charge on any atom is -0.497 e. The van der Waals surface area contributed by atoms with Crippen LogP contribution in [0, 0.1) is 0 Å². The third-order valence-electron chi connectivity index (χ3n) is 6.39. The Balaban J connectivity index is 1.51. The number of hydrogen-bond acceptors (Lipinski definition) is 5. The number of amides is 1. The maximum atomic E-state index is 13.2. The van der Waals surface area contributed by atoms with Crippen molar-refractivity contribution in [3.63, 3.8) is 0 Å². The van der Waals surface area contributed by atoms with E-state index < -0.39 is 10.0 Å². The average Bonchev–Trinajstić information content (AvgIpc) is 3.43. The Morgan fingerprint density at radius 1 is 1.00 bits per heavy atom. The van der Waals surface area contributed by atoms with Gasteiger partial charge >= 0.3 is 0 Å². The number of para-hydroxylation sites is 1. The van der Waals surface area contributed by atoms with Crippen molar-refractivity contribution in [3.05, 3.63) is 90.0 Å². The van der Waals surface area contributed by atoms with Gasteiger partial charge in [0.1, 0.15) is 5.75 Å².